The molecular weight excluding hydrogens is 370 g/mol. The van der Waals surface area contributed by atoms with E-state index in [-0.39, 0.29) is 5.78 Å². The molecule has 0 radical (unpaired) electrons. The molecule has 2 aromatic carbocycles. The van der Waals surface area contributed by atoms with Gasteiger partial charge in [0.25, 0.3) is 0 Å². The number of imidazole rings is 1. The van der Waals surface area contributed by atoms with Crippen LogP contribution in [0.4, 0.5) is 0 Å². The SMILES string of the molecule is CCCCc1nc2cnc3ccccc3c2n1CCCCCC(=O)c1ccccc1. The molecule has 2 heterocycles. The summed E-state index contributed by atoms with van der Waals surface area (Å²) >= 11 is 0. The number of carbonyl (C=O) groups excluding carboxylic acids is 1. The summed E-state index contributed by atoms with van der Waals surface area (Å²) < 4.78 is 2.40. The highest BCUT2D eigenvalue weighted by atomic mass is 16.1. The number of Topliss-reactive ketones (excluding diaryl/α,β-unsaturated/α-hetero) is 1. The lowest BCUT2D eigenvalue weighted by atomic mass is 10.0. The highest BCUT2D eigenvalue weighted by Gasteiger charge is 2.14. The van der Waals surface area contributed by atoms with Gasteiger partial charge in [0.05, 0.1) is 17.2 Å². The number of ketones is 1. The molecule has 0 atom stereocenters. The Morgan fingerprint density at radius 1 is 0.900 bits per heavy atom. The van der Waals surface area contributed by atoms with Gasteiger partial charge in [0.15, 0.2) is 5.78 Å². The normalized spacial score (nSPS) is 11.4. The third kappa shape index (κ3) is 4.43. The van der Waals surface area contributed by atoms with E-state index in [2.05, 4.69) is 34.7 Å². The van der Waals surface area contributed by atoms with Crippen LogP contribution in [0.25, 0.3) is 21.9 Å². The zero-order chi connectivity index (χ0) is 20.8. The smallest absolute Gasteiger partial charge is 0.162 e. The van der Waals surface area contributed by atoms with Crippen molar-refractivity contribution in [2.45, 2.75) is 58.4 Å². The van der Waals surface area contributed by atoms with Crippen LogP contribution in [0.5, 0.6) is 0 Å². The summed E-state index contributed by atoms with van der Waals surface area (Å²) in [6.07, 6.45) is 8.81. The van der Waals surface area contributed by atoms with E-state index in [9.17, 15) is 4.79 Å². The summed E-state index contributed by atoms with van der Waals surface area (Å²) in [6.45, 7) is 3.15. The van der Waals surface area contributed by atoms with Crippen molar-refractivity contribution < 1.29 is 4.79 Å². The summed E-state index contributed by atoms with van der Waals surface area (Å²) in [5, 5.41) is 1.17. The van der Waals surface area contributed by atoms with Gasteiger partial charge >= 0.3 is 0 Å². The Bertz CT molecular complexity index is 1130. The number of aryl methyl sites for hydroxylation is 2. The molecule has 0 spiro atoms. The standard InChI is InChI=1S/C26H29N3O/c1-2-3-17-25-28-23-19-27-22-15-10-9-14-21(22)26(23)29(25)18-11-5-8-16-24(30)20-12-6-4-7-13-20/h4,6-7,9-10,12-15,19H,2-3,5,8,11,16-18H2,1H3. The van der Waals surface area contributed by atoms with Crippen molar-refractivity contribution in [2.24, 2.45) is 0 Å². The van der Waals surface area contributed by atoms with Gasteiger partial charge in [0, 0.05) is 30.3 Å². The van der Waals surface area contributed by atoms with Crippen LogP contribution in [0.15, 0.2) is 60.8 Å². The molecule has 2 aromatic heterocycles. The van der Waals surface area contributed by atoms with E-state index >= 15 is 0 Å². The zero-order valence-electron chi connectivity index (χ0n) is 17.7. The number of hydrogen-bond acceptors (Lipinski definition) is 3. The number of nitrogens with zero attached hydrogens (tertiary/aromatic N) is 3. The Morgan fingerprint density at radius 3 is 2.53 bits per heavy atom. The molecule has 4 aromatic rings. The first-order valence-electron chi connectivity index (χ1n) is 11.1. The van der Waals surface area contributed by atoms with Gasteiger partial charge in [-0.1, -0.05) is 68.3 Å². The highest BCUT2D eigenvalue weighted by Crippen LogP contribution is 2.26. The molecule has 0 N–H and O–H groups in total. The third-order valence-corrected chi connectivity index (χ3v) is 5.69. The number of rotatable bonds is 10. The van der Waals surface area contributed by atoms with Gasteiger partial charge in [0.1, 0.15) is 11.3 Å². The van der Waals surface area contributed by atoms with E-state index in [0.29, 0.717) is 6.42 Å². The topological polar surface area (TPSA) is 47.8 Å². The number of fused-ring (bicyclic) bond motifs is 3. The summed E-state index contributed by atoms with van der Waals surface area (Å²) in [6, 6.07) is 17.9. The molecule has 0 bridgehead atoms. The molecule has 4 heteroatoms. The maximum atomic E-state index is 12.3. The maximum absolute atomic E-state index is 12.3. The van der Waals surface area contributed by atoms with Crippen LogP contribution >= 0.6 is 0 Å². The predicted octanol–water partition coefficient (Wildman–Crippen LogP) is 6.37. The monoisotopic (exact) mass is 399 g/mol. The van der Waals surface area contributed by atoms with Crippen LogP contribution in [-0.4, -0.2) is 20.3 Å². The van der Waals surface area contributed by atoms with Crippen LogP contribution in [0.1, 0.15) is 61.6 Å². The van der Waals surface area contributed by atoms with Gasteiger partial charge < -0.3 is 4.57 Å². The Morgan fingerprint density at radius 2 is 1.70 bits per heavy atom. The minimum absolute atomic E-state index is 0.240. The molecular formula is C26H29N3O. The van der Waals surface area contributed by atoms with Crippen molar-refractivity contribution in [3.63, 3.8) is 0 Å². The molecule has 0 aliphatic carbocycles. The zero-order valence-corrected chi connectivity index (χ0v) is 17.7. The number of hydrogen-bond donors (Lipinski definition) is 0. The fraction of sp³-hybridized carbons (Fsp3) is 0.346. The molecule has 0 aliphatic rings. The number of pyridine rings is 1. The number of carbonyl (C=O) groups is 1. The first-order chi connectivity index (χ1) is 14.8. The summed E-state index contributed by atoms with van der Waals surface area (Å²) in [7, 11) is 0. The lowest BCUT2D eigenvalue weighted by Crippen LogP contribution is -2.05. The van der Waals surface area contributed by atoms with Crippen molar-refractivity contribution >= 4 is 27.7 Å². The summed E-state index contributed by atoms with van der Waals surface area (Å²) in [5.74, 6) is 1.40. The average Bonchev–Trinajstić information content (AvgIpc) is 3.15. The molecule has 154 valence electrons. The van der Waals surface area contributed by atoms with E-state index < -0.39 is 0 Å². The van der Waals surface area contributed by atoms with E-state index in [1.165, 1.54) is 10.9 Å². The molecule has 0 saturated carbocycles. The first kappa shape index (κ1) is 20.3. The minimum atomic E-state index is 0.240. The average molecular weight is 400 g/mol. The Balaban J connectivity index is 1.47. The molecule has 30 heavy (non-hydrogen) atoms. The fourth-order valence-electron chi connectivity index (χ4n) is 4.08. The van der Waals surface area contributed by atoms with Gasteiger partial charge in [-0.2, -0.15) is 0 Å². The van der Waals surface area contributed by atoms with Crippen molar-refractivity contribution in [3.05, 3.63) is 72.2 Å². The minimum Gasteiger partial charge on any atom is -0.327 e. The van der Waals surface area contributed by atoms with Crippen molar-refractivity contribution in [1.29, 1.82) is 0 Å². The molecule has 4 nitrogen and oxygen atoms in total. The van der Waals surface area contributed by atoms with Gasteiger partial charge in [-0.25, -0.2) is 4.98 Å². The number of aromatic nitrogens is 3. The second-order valence-corrected chi connectivity index (χ2v) is 7.89. The van der Waals surface area contributed by atoms with Gasteiger partial charge in [-0.3, -0.25) is 9.78 Å². The number of unbranched alkanes of at least 4 members (excludes halogenated alkanes) is 3. The molecule has 0 fully saturated rings. The summed E-state index contributed by atoms with van der Waals surface area (Å²) in [4.78, 5) is 21.8. The maximum Gasteiger partial charge on any atom is 0.162 e. The van der Waals surface area contributed by atoms with E-state index in [1.807, 2.05) is 42.6 Å². The van der Waals surface area contributed by atoms with Crippen molar-refractivity contribution in [1.82, 2.24) is 14.5 Å². The quantitative estimate of drug-likeness (QED) is 0.230. The summed E-state index contributed by atoms with van der Waals surface area (Å²) in [5.41, 5.74) is 4.02. The molecule has 0 saturated heterocycles. The van der Waals surface area contributed by atoms with E-state index in [4.69, 9.17) is 4.98 Å². The van der Waals surface area contributed by atoms with Crippen molar-refractivity contribution in [3.8, 4) is 0 Å². The van der Waals surface area contributed by atoms with E-state index in [1.54, 1.807) is 0 Å². The molecule has 4 rings (SSSR count). The Hall–Kier alpha value is -3.01. The van der Waals surface area contributed by atoms with Gasteiger partial charge in [-0.05, 0) is 25.3 Å². The molecule has 0 aliphatic heterocycles. The first-order valence-corrected chi connectivity index (χ1v) is 11.1. The van der Waals surface area contributed by atoms with Gasteiger partial charge in [0.2, 0.25) is 0 Å². The second kappa shape index (κ2) is 9.66. The van der Waals surface area contributed by atoms with Crippen molar-refractivity contribution in [2.75, 3.05) is 0 Å². The number of para-hydroxylation sites is 1. The third-order valence-electron chi connectivity index (χ3n) is 5.69. The number of benzene rings is 2. The van der Waals surface area contributed by atoms with Crippen LogP contribution in [0, 0.1) is 0 Å². The Labute approximate surface area is 178 Å². The predicted molar refractivity (Wildman–Crippen MR) is 123 cm³/mol. The lowest BCUT2D eigenvalue weighted by molar-refractivity contribution is 0.0979. The van der Waals surface area contributed by atoms with Gasteiger partial charge in [-0.15, -0.1) is 0 Å². The second-order valence-electron chi connectivity index (χ2n) is 7.89. The van der Waals surface area contributed by atoms with Crippen LogP contribution in [0.2, 0.25) is 0 Å². The van der Waals surface area contributed by atoms with Crippen LogP contribution in [-0.2, 0) is 13.0 Å². The highest BCUT2D eigenvalue weighted by molar-refractivity contribution is 6.02. The van der Waals surface area contributed by atoms with Crippen LogP contribution < -0.4 is 0 Å². The largest absolute Gasteiger partial charge is 0.327 e. The van der Waals surface area contributed by atoms with E-state index in [0.717, 1.165) is 67.5 Å². The molecule has 0 unspecified atom stereocenters. The Kier molecular flexibility index (Phi) is 6.53. The fourth-order valence-corrected chi connectivity index (χ4v) is 4.08. The van der Waals surface area contributed by atoms with Crippen LogP contribution in [0.3, 0.4) is 0 Å². The molecule has 0 amide bonds. The lowest BCUT2D eigenvalue weighted by Gasteiger charge is -2.10.